The van der Waals surface area contributed by atoms with Crippen molar-refractivity contribution in [1.82, 2.24) is 0 Å². The first-order valence-electron chi connectivity index (χ1n) is 6.73. The third-order valence-electron chi connectivity index (χ3n) is 3.18. The number of rotatable bonds is 9. The van der Waals surface area contributed by atoms with E-state index in [2.05, 4.69) is 20.8 Å². The summed E-state index contributed by atoms with van der Waals surface area (Å²) < 4.78 is 10.6. The van der Waals surface area contributed by atoms with Gasteiger partial charge in [0.15, 0.2) is 0 Å². The molecule has 0 aromatic carbocycles. The molecule has 0 amide bonds. The van der Waals surface area contributed by atoms with Crippen LogP contribution in [0.1, 0.15) is 53.9 Å². The lowest BCUT2D eigenvalue weighted by molar-refractivity contribution is -0.155. The largest absolute Gasteiger partial charge is 0.466 e. The Morgan fingerprint density at radius 2 is 1.82 bits per heavy atom. The van der Waals surface area contributed by atoms with E-state index in [1.807, 2.05) is 13.8 Å². The molecule has 102 valence electrons. The molecule has 0 heterocycles. The molecule has 0 spiro atoms. The molecule has 3 heteroatoms. The van der Waals surface area contributed by atoms with Gasteiger partial charge in [0, 0.05) is 6.61 Å². The maximum Gasteiger partial charge on any atom is 0.311 e. The highest BCUT2D eigenvalue weighted by Crippen LogP contribution is 2.33. The lowest BCUT2D eigenvalue weighted by Gasteiger charge is -2.32. The lowest BCUT2D eigenvalue weighted by atomic mass is 9.75. The van der Waals surface area contributed by atoms with Gasteiger partial charge in [-0.1, -0.05) is 33.6 Å². The summed E-state index contributed by atoms with van der Waals surface area (Å²) in [7, 11) is 0. The molecule has 0 rings (SSSR count). The maximum absolute atomic E-state index is 12.0. The summed E-state index contributed by atoms with van der Waals surface area (Å²) in [5, 5.41) is 0. The van der Waals surface area contributed by atoms with Crippen molar-refractivity contribution < 1.29 is 14.3 Å². The van der Waals surface area contributed by atoms with E-state index in [0.29, 0.717) is 19.8 Å². The van der Waals surface area contributed by atoms with Crippen molar-refractivity contribution >= 4 is 5.97 Å². The molecule has 0 saturated heterocycles. The van der Waals surface area contributed by atoms with Crippen LogP contribution in [0.2, 0.25) is 0 Å². The average molecular weight is 244 g/mol. The molecule has 0 aliphatic heterocycles. The van der Waals surface area contributed by atoms with Crippen LogP contribution in [0.15, 0.2) is 0 Å². The standard InChI is InChI=1S/C14H28O3/c1-6-9-10-14(4,5)12(11-16-7-2)13(15)17-8-3/h12H,6-11H2,1-5H3. The van der Waals surface area contributed by atoms with Gasteiger partial charge >= 0.3 is 5.97 Å². The van der Waals surface area contributed by atoms with E-state index in [-0.39, 0.29) is 17.3 Å². The Bertz CT molecular complexity index is 212. The van der Waals surface area contributed by atoms with Gasteiger partial charge < -0.3 is 9.47 Å². The van der Waals surface area contributed by atoms with E-state index in [9.17, 15) is 4.79 Å². The van der Waals surface area contributed by atoms with Gasteiger partial charge in [-0.25, -0.2) is 0 Å². The number of hydrogen-bond donors (Lipinski definition) is 0. The number of esters is 1. The predicted octanol–water partition coefficient (Wildman–Crippen LogP) is 3.42. The van der Waals surface area contributed by atoms with Crippen LogP contribution in [0, 0.1) is 11.3 Å². The Labute approximate surface area is 106 Å². The zero-order chi connectivity index (χ0) is 13.3. The monoisotopic (exact) mass is 244 g/mol. The van der Waals surface area contributed by atoms with Gasteiger partial charge in [-0.15, -0.1) is 0 Å². The molecule has 0 N–H and O–H groups in total. The van der Waals surface area contributed by atoms with Gasteiger partial charge in [-0.05, 0) is 25.7 Å². The van der Waals surface area contributed by atoms with Gasteiger partial charge in [-0.2, -0.15) is 0 Å². The van der Waals surface area contributed by atoms with Crippen molar-refractivity contribution in [2.24, 2.45) is 11.3 Å². The molecule has 0 radical (unpaired) electrons. The van der Waals surface area contributed by atoms with Crippen LogP contribution in [-0.4, -0.2) is 25.8 Å². The molecular weight excluding hydrogens is 216 g/mol. The number of unbranched alkanes of at least 4 members (excludes halogenated alkanes) is 1. The zero-order valence-electron chi connectivity index (χ0n) is 12.0. The molecule has 0 aromatic rings. The first kappa shape index (κ1) is 16.4. The van der Waals surface area contributed by atoms with Crippen LogP contribution in [0.3, 0.4) is 0 Å². The second kappa shape index (κ2) is 8.51. The van der Waals surface area contributed by atoms with Gasteiger partial charge in [0.1, 0.15) is 0 Å². The molecule has 1 unspecified atom stereocenters. The Balaban J connectivity index is 4.57. The second-order valence-electron chi connectivity index (χ2n) is 5.06. The first-order valence-corrected chi connectivity index (χ1v) is 6.73. The van der Waals surface area contributed by atoms with Crippen molar-refractivity contribution in [3.05, 3.63) is 0 Å². The summed E-state index contributed by atoms with van der Waals surface area (Å²) >= 11 is 0. The van der Waals surface area contributed by atoms with E-state index in [1.54, 1.807) is 0 Å². The fourth-order valence-electron chi connectivity index (χ4n) is 1.90. The Kier molecular flexibility index (Phi) is 8.23. The van der Waals surface area contributed by atoms with Crippen LogP contribution in [0.5, 0.6) is 0 Å². The summed E-state index contributed by atoms with van der Waals surface area (Å²) in [5.74, 6) is -0.281. The van der Waals surface area contributed by atoms with E-state index in [0.717, 1.165) is 19.3 Å². The molecule has 0 saturated carbocycles. The Hall–Kier alpha value is -0.570. The maximum atomic E-state index is 12.0. The summed E-state index contributed by atoms with van der Waals surface area (Å²) in [4.78, 5) is 12.0. The van der Waals surface area contributed by atoms with Gasteiger partial charge in [0.05, 0.1) is 19.1 Å². The quantitative estimate of drug-likeness (QED) is 0.583. The molecular formula is C14H28O3. The van der Waals surface area contributed by atoms with Crippen molar-refractivity contribution in [2.75, 3.05) is 19.8 Å². The summed E-state index contributed by atoms with van der Waals surface area (Å²) in [6.45, 7) is 11.7. The van der Waals surface area contributed by atoms with Crippen molar-refractivity contribution in [3.63, 3.8) is 0 Å². The predicted molar refractivity (Wildman–Crippen MR) is 69.9 cm³/mol. The van der Waals surface area contributed by atoms with Crippen LogP contribution in [-0.2, 0) is 14.3 Å². The topological polar surface area (TPSA) is 35.5 Å². The van der Waals surface area contributed by atoms with E-state index in [1.165, 1.54) is 0 Å². The van der Waals surface area contributed by atoms with Gasteiger partial charge in [0.25, 0.3) is 0 Å². The summed E-state index contributed by atoms with van der Waals surface area (Å²) in [6.07, 6.45) is 3.31. The molecule has 3 nitrogen and oxygen atoms in total. The molecule has 1 atom stereocenters. The van der Waals surface area contributed by atoms with Crippen molar-refractivity contribution in [1.29, 1.82) is 0 Å². The zero-order valence-corrected chi connectivity index (χ0v) is 12.0. The molecule has 0 fully saturated rings. The van der Waals surface area contributed by atoms with Crippen molar-refractivity contribution in [2.45, 2.75) is 53.9 Å². The molecule has 0 aromatic heterocycles. The first-order chi connectivity index (χ1) is 7.99. The number of carbonyl (C=O) groups excluding carboxylic acids is 1. The molecule has 17 heavy (non-hydrogen) atoms. The smallest absolute Gasteiger partial charge is 0.311 e. The fourth-order valence-corrected chi connectivity index (χ4v) is 1.90. The minimum Gasteiger partial charge on any atom is -0.466 e. The van der Waals surface area contributed by atoms with E-state index in [4.69, 9.17) is 9.47 Å². The third kappa shape index (κ3) is 6.06. The van der Waals surface area contributed by atoms with E-state index < -0.39 is 0 Å². The minimum absolute atomic E-state index is 0.0581. The highest BCUT2D eigenvalue weighted by molar-refractivity contribution is 5.73. The lowest BCUT2D eigenvalue weighted by Crippen LogP contribution is -2.36. The number of ether oxygens (including phenoxy) is 2. The normalized spacial score (nSPS) is 13.5. The fraction of sp³-hybridized carbons (Fsp3) is 0.929. The Morgan fingerprint density at radius 1 is 1.18 bits per heavy atom. The van der Waals surface area contributed by atoms with Crippen molar-refractivity contribution in [3.8, 4) is 0 Å². The molecule has 0 aliphatic rings. The number of carbonyl (C=O) groups is 1. The van der Waals surface area contributed by atoms with Gasteiger partial charge in [0.2, 0.25) is 0 Å². The van der Waals surface area contributed by atoms with E-state index >= 15 is 0 Å². The summed E-state index contributed by atoms with van der Waals surface area (Å²) in [6, 6.07) is 0. The minimum atomic E-state index is -0.158. The number of hydrogen-bond acceptors (Lipinski definition) is 3. The Morgan fingerprint density at radius 3 is 2.29 bits per heavy atom. The molecule has 0 bridgehead atoms. The average Bonchev–Trinajstić information content (AvgIpc) is 2.27. The highest BCUT2D eigenvalue weighted by atomic mass is 16.5. The third-order valence-corrected chi connectivity index (χ3v) is 3.18. The highest BCUT2D eigenvalue weighted by Gasteiger charge is 2.35. The molecule has 0 aliphatic carbocycles. The summed E-state index contributed by atoms with van der Waals surface area (Å²) in [5.41, 5.74) is -0.0581. The van der Waals surface area contributed by atoms with Crippen LogP contribution >= 0.6 is 0 Å². The van der Waals surface area contributed by atoms with Crippen LogP contribution < -0.4 is 0 Å². The van der Waals surface area contributed by atoms with Crippen LogP contribution in [0.25, 0.3) is 0 Å². The SMILES string of the molecule is CCCCC(C)(C)C(COCC)C(=O)OCC. The second-order valence-corrected chi connectivity index (χ2v) is 5.06. The van der Waals surface area contributed by atoms with Crippen LogP contribution in [0.4, 0.5) is 0 Å². The van der Waals surface area contributed by atoms with Gasteiger partial charge in [-0.3, -0.25) is 4.79 Å².